The number of rotatable bonds is 20. The summed E-state index contributed by atoms with van der Waals surface area (Å²) in [7, 11) is 0. The van der Waals surface area contributed by atoms with Gasteiger partial charge in [0, 0.05) is 36.1 Å². The summed E-state index contributed by atoms with van der Waals surface area (Å²) in [5, 5.41) is 21.7. The summed E-state index contributed by atoms with van der Waals surface area (Å²) in [5.74, 6) is 2.29. The zero-order chi connectivity index (χ0) is 38.3. The number of ether oxygens (including phenoxy) is 6. The number of unbranched alkanes of at least 4 members (excludes halogenated alkanes) is 6. The highest BCUT2D eigenvalue weighted by Gasteiger charge is 2.44. The van der Waals surface area contributed by atoms with Crippen LogP contribution < -0.4 is 9.47 Å². The van der Waals surface area contributed by atoms with E-state index in [-0.39, 0.29) is 11.4 Å². The highest BCUT2D eigenvalue weighted by Crippen LogP contribution is 2.33. The molecule has 12 heteroatoms. The fourth-order valence-electron chi connectivity index (χ4n) is 6.75. The third-order valence-corrected chi connectivity index (χ3v) is 10.1. The van der Waals surface area contributed by atoms with E-state index >= 15 is 0 Å². The van der Waals surface area contributed by atoms with Crippen molar-refractivity contribution in [2.75, 3.05) is 39.6 Å². The maximum Gasteiger partial charge on any atom is 0.412 e. The molecule has 0 bridgehead atoms. The van der Waals surface area contributed by atoms with Crippen LogP contribution in [0.1, 0.15) is 64.2 Å². The van der Waals surface area contributed by atoms with Gasteiger partial charge in [-0.15, -0.1) is 0 Å². The van der Waals surface area contributed by atoms with Gasteiger partial charge in [0.1, 0.15) is 11.5 Å². The summed E-state index contributed by atoms with van der Waals surface area (Å²) in [6.45, 7) is 3.58. The average Bonchev–Trinajstić information content (AvgIpc) is 3.22. The first kappa shape index (κ1) is 39.8. The van der Waals surface area contributed by atoms with Crippen LogP contribution in [-0.4, -0.2) is 55.6 Å². The van der Waals surface area contributed by atoms with Crippen LogP contribution in [0.15, 0.2) is 97.1 Å². The number of nitro groups is 2. The molecular weight excluding hydrogens is 704 g/mol. The summed E-state index contributed by atoms with van der Waals surface area (Å²) in [6.07, 6.45) is 9.29. The van der Waals surface area contributed by atoms with Gasteiger partial charge in [-0.1, -0.05) is 62.8 Å². The fourth-order valence-corrected chi connectivity index (χ4v) is 6.75. The maximum atomic E-state index is 10.9. The molecule has 12 nitrogen and oxygen atoms in total. The molecule has 0 aromatic heterocycles. The highest BCUT2D eigenvalue weighted by atomic mass is 17.0. The molecule has 0 amide bonds. The minimum atomic E-state index is -1.35. The Morgan fingerprint density at radius 1 is 0.473 bits per heavy atom. The summed E-state index contributed by atoms with van der Waals surface area (Å²) in [4.78, 5) is 21.0. The molecule has 0 saturated carbocycles. The molecule has 0 unspecified atom stereocenters. The number of nitro benzene ring substituents is 2. The Balaban J connectivity index is 0.746. The van der Waals surface area contributed by atoms with Crippen LogP contribution in [0.4, 0.5) is 11.4 Å². The Morgan fingerprint density at radius 2 is 0.782 bits per heavy atom. The summed E-state index contributed by atoms with van der Waals surface area (Å²) in [5.41, 5.74) is 4.00. The van der Waals surface area contributed by atoms with Crippen molar-refractivity contribution >= 4 is 11.4 Å². The van der Waals surface area contributed by atoms with Gasteiger partial charge in [0.25, 0.3) is 11.4 Å². The average molecular weight is 755 g/mol. The Kier molecular flexibility index (Phi) is 14.6. The lowest BCUT2D eigenvalue weighted by Gasteiger charge is -2.42. The minimum absolute atomic E-state index is 0.0837. The molecule has 0 atom stereocenters. The Morgan fingerprint density at radius 3 is 1.11 bits per heavy atom. The third-order valence-electron chi connectivity index (χ3n) is 10.1. The molecule has 4 aromatic rings. The van der Waals surface area contributed by atoms with Crippen LogP contribution in [0.25, 0.3) is 22.3 Å². The van der Waals surface area contributed by atoms with Gasteiger partial charge >= 0.3 is 6.16 Å². The molecule has 2 fully saturated rings. The molecule has 6 rings (SSSR count). The van der Waals surface area contributed by atoms with Gasteiger partial charge in [-0.2, -0.15) is 0 Å². The second-order valence-electron chi connectivity index (χ2n) is 14.2. The molecule has 292 valence electrons. The van der Waals surface area contributed by atoms with Gasteiger partial charge in [0.05, 0.1) is 49.5 Å². The van der Waals surface area contributed by atoms with Crippen molar-refractivity contribution in [1.82, 2.24) is 0 Å². The van der Waals surface area contributed by atoms with E-state index in [4.69, 9.17) is 28.4 Å². The lowest BCUT2D eigenvalue weighted by atomic mass is 10.0. The quantitative estimate of drug-likeness (QED) is 0.0486. The van der Waals surface area contributed by atoms with E-state index in [0.717, 1.165) is 98.0 Å². The van der Waals surface area contributed by atoms with E-state index in [2.05, 4.69) is 0 Å². The number of benzene rings is 4. The van der Waals surface area contributed by atoms with Crippen LogP contribution in [-0.2, 0) is 18.9 Å². The van der Waals surface area contributed by atoms with Crippen LogP contribution in [0.5, 0.6) is 11.5 Å². The Labute approximate surface area is 322 Å². The maximum absolute atomic E-state index is 10.9. The zero-order valence-electron chi connectivity index (χ0n) is 31.2. The molecule has 2 heterocycles. The zero-order valence-corrected chi connectivity index (χ0v) is 31.2. The number of non-ortho nitro benzene ring substituents is 2. The predicted molar refractivity (Wildman–Crippen MR) is 208 cm³/mol. The van der Waals surface area contributed by atoms with Gasteiger partial charge in [-0.05, 0) is 96.5 Å². The van der Waals surface area contributed by atoms with E-state index in [1.807, 2.05) is 48.5 Å². The predicted octanol–water partition coefficient (Wildman–Crippen LogP) is 10.1. The number of nitrogens with zero attached hydrogens (tertiary/aromatic N) is 2. The van der Waals surface area contributed by atoms with Crippen LogP contribution in [0, 0.1) is 32.1 Å². The van der Waals surface area contributed by atoms with Crippen molar-refractivity contribution < 1.29 is 38.3 Å². The van der Waals surface area contributed by atoms with E-state index < -0.39 is 16.0 Å². The molecule has 4 aromatic carbocycles. The molecule has 2 aliphatic heterocycles. The smallest absolute Gasteiger partial charge is 0.412 e. The molecule has 2 aliphatic rings. The van der Waals surface area contributed by atoms with Crippen LogP contribution >= 0.6 is 0 Å². The van der Waals surface area contributed by atoms with Gasteiger partial charge in [-0.25, -0.2) is 0 Å². The number of hydrogen-bond acceptors (Lipinski definition) is 10. The first-order chi connectivity index (χ1) is 26.9. The molecule has 1 spiro atoms. The summed E-state index contributed by atoms with van der Waals surface area (Å²) in [6, 6.07) is 28.7. The second kappa shape index (κ2) is 20.2. The monoisotopic (exact) mass is 754 g/mol. The topological polar surface area (TPSA) is 142 Å². The fraction of sp³-hybridized carbons (Fsp3) is 0.442. The van der Waals surface area contributed by atoms with Gasteiger partial charge in [0.15, 0.2) is 0 Å². The van der Waals surface area contributed by atoms with Gasteiger partial charge in [0.2, 0.25) is 0 Å². The SMILES string of the molecule is O=[N+]([O-])c1ccc(-c2ccc(OCCCCCCC3COC4(OC3)OCC(CCCCCCOc3ccc(-c5ccc([N+](=O)[O-])cc5)cc3)CO4)cc2)cc1. The molecule has 0 N–H and O–H groups in total. The minimum Gasteiger partial charge on any atom is -0.494 e. The lowest BCUT2D eigenvalue weighted by Crippen LogP contribution is -2.53. The molecule has 2 saturated heterocycles. The Hall–Kier alpha value is -4.88. The second-order valence-corrected chi connectivity index (χ2v) is 14.2. The van der Waals surface area contributed by atoms with Crippen LogP contribution in [0.2, 0.25) is 0 Å². The van der Waals surface area contributed by atoms with Gasteiger partial charge < -0.3 is 28.4 Å². The Bertz CT molecular complexity index is 1630. The number of hydrogen-bond donors (Lipinski definition) is 0. The molecule has 55 heavy (non-hydrogen) atoms. The molecular formula is C43H50N2O10. The summed E-state index contributed by atoms with van der Waals surface area (Å²) >= 11 is 0. The summed E-state index contributed by atoms with van der Waals surface area (Å²) < 4.78 is 35.7. The standard InChI is InChI=1S/C43H50N2O10/c46-44(47)39-19-11-35(12-20-39)37-15-23-41(24-16-37)50-27-7-3-1-5-9-33-29-52-43(53-30-33)54-31-34(32-55-43)10-6-2-4-8-28-51-42-25-17-38(18-26-42)36-13-21-40(22-14-36)45(48)49/h11-26,33-34H,1-10,27-32H2. The largest absolute Gasteiger partial charge is 0.494 e. The normalized spacial score (nSPS) is 19.6. The van der Waals surface area contributed by atoms with Gasteiger partial charge in [-0.3, -0.25) is 20.2 Å². The van der Waals surface area contributed by atoms with Crippen molar-refractivity contribution in [1.29, 1.82) is 0 Å². The molecule has 0 aliphatic carbocycles. The van der Waals surface area contributed by atoms with Crippen molar-refractivity contribution in [2.24, 2.45) is 11.8 Å². The van der Waals surface area contributed by atoms with E-state index in [1.54, 1.807) is 24.3 Å². The first-order valence-electron chi connectivity index (χ1n) is 19.4. The van der Waals surface area contributed by atoms with E-state index in [9.17, 15) is 20.2 Å². The van der Waals surface area contributed by atoms with Crippen molar-refractivity contribution in [3.63, 3.8) is 0 Å². The van der Waals surface area contributed by atoms with E-state index in [0.29, 0.717) is 51.5 Å². The van der Waals surface area contributed by atoms with Crippen molar-refractivity contribution in [3.8, 4) is 33.8 Å². The lowest BCUT2D eigenvalue weighted by molar-refractivity contribution is -0.535. The van der Waals surface area contributed by atoms with Crippen LogP contribution in [0.3, 0.4) is 0 Å². The first-order valence-corrected chi connectivity index (χ1v) is 19.4. The van der Waals surface area contributed by atoms with E-state index in [1.165, 1.54) is 24.3 Å². The third kappa shape index (κ3) is 12.1. The van der Waals surface area contributed by atoms with Crippen molar-refractivity contribution in [2.45, 2.75) is 70.4 Å². The van der Waals surface area contributed by atoms with Crippen molar-refractivity contribution in [3.05, 3.63) is 117 Å². The highest BCUT2D eigenvalue weighted by molar-refractivity contribution is 5.66. The molecule has 0 radical (unpaired) electrons.